The zero-order valence-electron chi connectivity index (χ0n) is 59.8. The molecule has 0 spiro atoms. The van der Waals surface area contributed by atoms with E-state index in [1.807, 2.05) is 0 Å². The molecule has 37 heteroatoms. The lowest BCUT2D eigenvalue weighted by Gasteiger charge is -2.30. The molecule has 582 valence electrons. The van der Waals surface area contributed by atoms with Gasteiger partial charge in [-0.1, -0.05) is 96.8 Å². The fraction of sp³-hybridized carbons (Fsp3) is 0.471. The van der Waals surface area contributed by atoms with Crippen LogP contribution in [0.5, 0.6) is 11.5 Å². The second-order valence-electron chi connectivity index (χ2n) is 26.3. The van der Waals surface area contributed by atoms with Gasteiger partial charge in [-0.15, -0.1) is 0 Å². The van der Waals surface area contributed by atoms with Crippen LogP contribution in [0.1, 0.15) is 96.0 Å². The van der Waals surface area contributed by atoms with E-state index < -0.39 is 199 Å². The summed E-state index contributed by atoms with van der Waals surface area (Å²) >= 11 is 8.06. The number of primary amides is 1. The first-order valence-corrected chi connectivity index (χ1v) is 35.7. The molecule has 0 unspecified atom stereocenters. The van der Waals surface area contributed by atoms with E-state index in [2.05, 4.69) is 98.7 Å². The van der Waals surface area contributed by atoms with E-state index in [1.165, 1.54) is 67.3 Å². The van der Waals surface area contributed by atoms with Crippen LogP contribution in [0, 0.1) is 17.8 Å². The average Bonchev–Trinajstić information content (AvgIpc) is 1.76. The Hall–Kier alpha value is -10.8. The van der Waals surface area contributed by atoms with Crippen LogP contribution in [0.25, 0.3) is 10.9 Å². The number of nitrogens with two attached hydrogens (primary N) is 2. The summed E-state index contributed by atoms with van der Waals surface area (Å²) in [6.07, 6.45) is 1.02. The SMILES string of the molecule is CC[C@H](C)[C@H](NC(=O)[C@H](Cc1ccc(O)cc1)NC(=O)[C@@H](NC(=O)[C@@H](N)CS)[C@@H](C)CC)C(=O)N[C@@H](Cc1cnc[nH]1)C(=O)N[C@@H](Cc1ccc(O)cc1)C(=O)N[C@@H](CC(=O)O)C(=O)N[C@@H](CC(N)=O)C(=O)N[C@@H](Cc1c[nH]c2ccccc12)C(=O)N[C@@H](CO)C(=O)N[C@@H](CC(C)C)C(=O)N[C@@H](CS)C(=O)O. The largest absolute Gasteiger partial charge is 0.508 e. The molecule has 12 amide bonds. The number of imidazole rings is 1. The summed E-state index contributed by atoms with van der Waals surface area (Å²) in [4.78, 5) is 204. The standard InChI is InChI=1S/C70H96N16O19S2/c1-7-35(5)57(85-59(93)44(71)31-106)68(102)81-48(23-38-15-19-42(89)20-16-38)66(100)86-58(36(6)8-2)69(103)82-50(25-40-29-73-33-75-40)63(97)77-47(22-37-13-17-41(88)18-14-37)61(95)80-52(27-56(91)92)65(99)79-51(26-55(72)90)64(98)78-49(24-39-28-74-45-12-10-9-11-43(39)45)62(96)83-53(30-87)67(101)76-46(21-34(3)4)60(94)84-54(32-107)70(104)105/h9-20,28-29,33-36,44,46-54,57-58,74,87-89,106-107H,7-8,21-27,30-32,71H2,1-6H3,(H2,72,90)(H,73,75)(H,76,101)(H,77,97)(H,78,98)(H,79,99)(H,80,95)(H,81,102)(H,82,103)(H,83,96)(H,84,94)(H,85,93)(H,86,100)(H,91,92)(H,104,105)/t35-,36-,44-,46-,47-,48-,49-,50-,51-,52-,53-,54-,57-,58-/m0/s1. The van der Waals surface area contributed by atoms with Crippen molar-refractivity contribution in [2.24, 2.45) is 29.2 Å². The highest BCUT2D eigenvalue weighted by Gasteiger charge is 2.39. The Bertz CT molecular complexity index is 3900. The maximum absolute atomic E-state index is 14.9. The molecule has 0 aliphatic heterocycles. The van der Waals surface area contributed by atoms with Crippen LogP contribution in [-0.2, 0) is 92.8 Å². The quantitative estimate of drug-likeness (QED) is 0.0182. The van der Waals surface area contributed by atoms with Crippen molar-refractivity contribution in [2.75, 3.05) is 18.1 Å². The van der Waals surface area contributed by atoms with E-state index in [0.717, 1.165) is 0 Å². The van der Waals surface area contributed by atoms with Gasteiger partial charge in [0.2, 0.25) is 70.9 Å². The normalized spacial score (nSPS) is 15.2. The molecular weight excluding hydrogens is 1430 g/mol. The Morgan fingerprint density at radius 2 is 0.888 bits per heavy atom. The van der Waals surface area contributed by atoms with Crippen molar-refractivity contribution in [2.45, 2.75) is 172 Å². The fourth-order valence-electron chi connectivity index (χ4n) is 11.0. The molecule has 5 rings (SSSR count). The van der Waals surface area contributed by atoms with Crippen LogP contribution < -0.4 is 70.0 Å². The first kappa shape index (κ1) is 86.8. The number of phenolic OH excluding ortho intramolecular Hbond substituents is 2. The van der Waals surface area contributed by atoms with Crippen LogP contribution in [-0.4, -0.2) is 214 Å². The number of aliphatic hydroxyl groups excluding tert-OH is 1. The van der Waals surface area contributed by atoms with Gasteiger partial charge in [0, 0.05) is 66.2 Å². The Morgan fingerprint density at radius 3 is 1.34 bits per heavy atom. The van der Waals surface area contributed by atoms with Crippen molar-refractivity contribution in [1.29, 1.82) is 0 Å². The van der Waals surface area contributed by atoms with Crippen LogP contribution in [0.2, 0.25) is 0 Å². The number of benzene rings is 3. The third-order valence-electron chi connectivity index (χ3n) is 17.5. The molecule has 0 saturated carbocycles. The van der Waals surface area contributed by atoms with Gasteiger partial charge < -0.3 is 105 Å². The highest BCUT2D eigenvalue weighted by atomic mass is 32.1. The first-order chi connectivity index (χ1) is 50.7. The molecule has 3 aromatic carbocycles. The topological polar surface area (TPSA) is 569 Å². The molecule has 0 bridgehead atoms. The van der Waals surface area contributed by atoms with E-state index in [1.54, 1.807) is 65.8 Å². The molecule has 0 aliphatic rings. The van der Waals surface area contributed by atoms with Gasteiger partial charge in [0.05, 0.1) is 31.8 Å². The lowest BCUT2D eigenvalue weighted by atomic mass is 9.95. The van der Waals surface area contributed by atoms with Crippen molar-refractivity contribution in [1.82, 2.24) is 73.4 Å². The van der Waals surface area contributed by atoms with Crippen LogP contribution in [0.3, 0.4) is 0 Å². The summed E-state index contributed by atoms with van der Waals surface area (Å²) in [7, 11) is 0. The number of aromatic hydroxyl groups is 2. The number of para-hydroxylation sites is 1. The number of carboxylic acid groups (broad SMARTS) is 2. The number of hydrogen-bond acceptors (Lipinski definition) is 21. The number of carboxylic acids is 2. The number of amides is 12. The van der Waals surface area contributed by atoms with Crippen LogP contribution >= 0.6 is 25.3 Å². The summed E-state index contributed by atoms with van der Waals surface area (Å²) in [5.74, 6) is -18.0. The smallest absolute Gasteiger partial charge is 0.327 e. The molecule has 5 aromatic rings. The summed E-state index contributed by atoms with van der Waals surface area (Å²) in [5, 5.41) is 78.3. The number of phenols is 2. The minimum atomic E-state index is -2.16. The Kier molecular flexibility index (Phi) is 34.4. The van der Waals surface area contributed by atoms with Crippen LogP contribution in [0.15, 0.2) is 91.5 Å². The van der Waals surface area contributed by atoms with Crippen molar-refractivity contribution in [3.05, 3.63) is 114 Å². The number of nitrogens with zero attached hydrogens (tertiary/aromatic N) is 1. The van der Waals surface area contributed by atoms with Crippen LogP contribution in [0.4, 0.5) is 0 Å². The van der Waals surface area contributed by atoms with Gasteiger partial charge >= 0.3 is 11.9 Å². The molecule has 0 aliphatic carbocycles. The van der Waals surface area contributed by atoms with Gasteiger partial charge in [-0.05, 0) is 71.2 Å². The monoisotopic (exact) mass is 1530 g/mol. The van der Waals surface area contributed by atoms with E-state index in [9.17, 15) is 92.7 Å². The predicted molar refractivity (Wildman–Crippen MR) is 394 cm³/mol. The summed E-state index contributed by atoms with van der Waals surface area (Å²) < 4.78 is 0. The number of carbonyl (C=O) groups excluding carboxylic acids is 12. The third-order valence-corrected chi connectivity index (χ3v) is 18.2. The molecular formula is C70H96N16O19S2. The number of nitrogens with one attached hydrogen (secondary N) is 13. The Balaban J connectivity index is 1.46. The minimum Gasteiger partial charge on any atom is -0.508 e. The van der Waals surface area contributed by atoms with Gasteiger partial charge in [-0.2, -0.15) is 25.3 Å². The number of fused-ring (bicyclic) bond motifs is 1. The zero-order chi connectivity index (χ0) is 79.4. The van der Waals surface area contributed by atoms with Gasteiger partial charge in [0.15, 0.2) is 0 Å². The van der Waals surface area contributed by atoms with Crippen molar-refractivity contribution >= 4 is 119 Å². The fourth-order valence-corrected chi connectivity index (χ4v) is 11.4. The Morgan fingerprint density at radius 1 is 0.477 bits per heavy atom. The number of H-pyrrole nitrogens is 2. The lowest BCUT2D eigenvalue weighted by molar-refractivity contribution is -0.142. The highest BCUT2D eigenvalue weighted by molar-refractivity contribution is 7.80. The molecule has 2 aromatic heterocycles. The number of thiol groups is 2. The minimum absolute atomic E-state index is 0.0396. The molecule has 14 atom stereocenters. The number of aromatic amines is 2. The van der Waals surface area contributed by atoms with Gasteiger partial charge in [-0.25, -0.2) is 9.78 Å². The second kappa shape index (κ2) is 42.4. The highest BCUT2D eigenvalue weighted by Crippen LogP contribution is 2.21. The van der Waals surface area contributed by atoms with Gasteiger partial charge in [-0.3, -0.25) is 62.3 Å². The zero-order valence-corrected chi connectivity index (χ0v) is 61.5. The third kappa shape index (κ3) is 27.3. The number of aliphatic hydroxyl groups is 1. The maximum atomic E-state index is 14.9. The summed E-state index contributed by atoms with van der Waals surface area (Å²) in [6.45, 7) is 9.13. The number of rotatable bonds is 44. The molecule has 22 N–H and O–H groups in total. The van der Waals surface area contributed by atoms with Crippen molar-refractivity contribution in [3.63, 3.8) is 0 Å². The van der Waals surface area contributed by atoms with E-state index in [4.69, 9.17) is 11.5 Å². The molecule has 107 heavy (non-hydrogen) atoms. The molecule has 0 radical (unpaired) electrons. The molecule has 2 heterocycles. The van der Waals surface area contributed by atoms with E-state index in [-0.39, 0.29) is 65.9 Å². The van der Waals surface area contributed by atoms with Gasteiger partial charge in [0.1, 0.15) is 78.0 Å². The number of aromatic nitrogens is 3. The first-order valence-electron chi connectivity index (χ1n) is 34.4. The molecule has 0 fully saturated rings. The molecule has 35 nitrogen and oxygen atoms in total. The number of hydrogen-bond donors (Lipinski definition) is 22. The predicted octanol–water partition coefficient (Wildman–Crippen LogP) is -2.34. The Labute approximate surface area is 626 Å². The maximum Gasteiger partial charge on any atom is 0.327 e. The van der Waals surface area contributed by atoms with Crippen molar-refractivity contribution in [3.8, 4) is 11.5 Å². The second-order valence-corrected chi connectivity index (χ2v) is 27.0. The lowest BCUT2D eigenvalue weighted by Crippen LogP contribution is -2.62. The van der Waals surface area contributed by atoms with Crippen molar-refractivity contribution < 1.29 is 92.7 Å². The van der Waals surface area contributed by atoms with E-state index >= 15 is 0 Å². The average molecular weight is 1530 g/mol. The summed E-state index contributed by atoms with van der Waals surface area (Å²) in [5.41, 5.74) is 13.5. The molecule has 0 saturated heterocycles. The number of carbonyl (C=O) groups is 14. The summed E-state index contributed by atoms with van der Waals surface area (Å²) in [6, 6.07) is -1.60. The van der Waals surface area contributed by atoms with Gasteiger partial charge in [0.25, 0.3) is 0 Å². The van der Waals surface area contributed by atoms with E-state index in [0.29, 0.717) is 28.5 Å². The number of aliphatic carboxylic acids is 2.